The van der Waals surface area contributed by atoms with Crippen LogP contribution >= 0.6 is 0 Å². The Morgan fingerprint density at radius 1 is 0.380 bits per heavy atom. The molecule has 16 nitrogen and oxygen atoms in total. The highest BCUT2D eigenvalue weighted by atomic mass is 16.6. The third-order valence-electron chi connectivity index (χ3n) is 12.8. The fraction of sp³-hybridized carbons (Fsp3) is 0.873. The van der Waals surface area contributed by atoms with E-state index in [2.05, 4.69) is 35.5 Å². The van der Waals surface area contributed by atoms with Crippen molar-refractivity contribution >= 4 is 42.1 Å². The number of rotatable bonds is 50. The molecule has 0 N–H and O–H groups in total. The van der Waals surface area contributed by atoms with E-state index in [1.165, 1.54) is 0 Å². The number of esters is 6. The lowest BCUT2D eigenvalue weighted by Crippen LogP contribution is -2.34. The first-order chi connectivity index (χ1) is 34.4. The number of nitrogens with zero attached hydrogens (tertiary/aromatic N) is 3. The highest BCUT2D eigenvalue weighted by molar-refractivity contribution is 5.73. The van der Waals surface area contributed by atoms with E-state index < -0.39 is 0 Å². The molecule has 0 spiro atoms. The van der Waals surface area contributed by atoms with E-state index in [0.29, 0.717) is 97.5 Å². The van der Waals surface area contributed by atoms with Gasteiger partial charge in [-0.2, -0.15) is 0 Å². The van der Waals surface area contributed by atoms with Gasteiger partial charge in [-0.15, -0.1) is 0 Å². The Bertz CT molecular complexity index is 1330. The summed E-state index contributed by atoms with van der Waals surface area (Å²) in [4.78, 5) is 92.7. The number of carbonyl (C=O) groups excluding carboxylic acids is 7. The van der Waals surface area contributed by atoms with Crippen molar-refractivity contribution in [2.75, 3.05) is 99.0 Å². The van der Waals surface area contributed by atoms with Crippen molar-refractivity contribution in [3.8, 4) is 0 Å². The molecule has 0 fully saturated rings. The summed E-state index contributed by atoms with van der Waals surface area (Å²) in [6.07, 6.45) is 18.1. The highest BCUT2D eigenvalue weighted by Crippen LogP contribution is 2.17. The summed E-state index contributed by atoms with van der Waals surface area (Å²) >= 11 is 0. The monoisotopic (exact) mass is 1010 g/mol. The summed E-state index contributed by atoms with van der Waals surface area (Å²) in [5, 5.41) is 0. The van der Waals surface area contributed by atoms with Crippen LogP contribution in [0.3, 0.4) is 0 Å². The molecule has 0 aliphatic rings. The highest BCUT2D eigenvalue weighted by Gasteiger charge is 2.20. The van der Waals surface area contributed by atoms with Crippen molar-refractivity contribution in [3.63, 3.8) is 0 Å². The first-order valence-electron chi connectivity index (χ1n) is 27.9. The van der Waals surface area contributed by atoms with Gasteiger partial charge in [-0.1, -0.05) is 80.1 Å². The molecule has 0 bridgehead atoms. The van der Waals surface area contributed by atoms with Crippen LogP contribution in [0.5, 0.6) is 0 Å². The molecule has 0 aromatic rings. The Morgan fingerprint density at radius 2 is 0.676 bits per heavy atom. The van der Waals surface area contributed by atoms with Gasteiger partial charge in [0.2, 0.25) is 0 Å². The molecule has 0 aromatic carbocycles. The van der Waals surface area contributed by atoms with Crippen molar-refractivity contribution in [3.05, 3.63) is 0 Å². The maximum atomic E-state index is 12.8. The van der Waals surface area contributed by atoms with Gasteiger partial charge < -0.3 is 47.9 Å². The Labute approximate surface area is 430 Å². The minimum atomic E-state index is -0.321. The molecule has 0 aliphatic heterocycles. The zero-order valence-electron chi connectivity index (χ0n) is 45.8. The van der Waals surface area contributed by atoms with Gasteiger partial charge in [0.1, 0.15) is 6.29 Å². The van der Waals surface area contributed by atoms with Crippen molar-refractivity contribution in [1.29, 1.82) is 0 Å². The second-order valence-electron chi connectivity index (χ2n) is 18.9. The predicted octanol–water partition coefficient (Wildman–Crippen LogP) is 9.31. The summed E-state index contributed by atoms with van der Waals surface area (Å²) in [6.45, 7) is 18.9. The van der Waals surface area contributed by atoms with E-state index in [1.807, 2.05) is 27.8 Å². The quantitative estimate of drug-likeness (QED) is 0.0243. The van der Waals surface area contributed by atoms with E-state index >= 15 is 0 Å². The maximum absolute atomic E-state index is 12.8. The van der Waals surface area contributed by atoms with E-state index in [4.69, 9.17) is 28.4 Å². The third-order valence-corrected chi connectivity index (χ3v) is 12.8. The number of carbonyl (C=O) groups is 7. The van der Waals surface area contributed by atoms with Gasteiger partial charge >= 0.3 is 35.8 Å². The largest absolute Gasteiger partial charge is 0.466 e. The topological polar surface area (TPSA) is 185 Å². The molecule has 3 atom stereocenters. The van der Waals surface area contributed by atoms with Gasteiger partial charge in [-0.05, 0) is 123 Å². The maximum Gasteiger partial charge on any atom is 0.308 e. The number of unbranched alkanes of at least 4 members (excludes halogenated alkanes) is 6. The summed E-state index contributed by atoms with van der Waals surface area (Å²) in [5.41, 5.74) is 0. The van der Waals surface area contributed by atoms with Crippen LogP contribution in [-0.2, 0) is 62.0 Å². The van der Waals surface area contributed by atoms with E-state index in [9.17, 15) is 33.6 Å². The van der Waals surface area contributed by atoms with E-state index in [1.54, 1.807) is 0 Å². The van der Waals surface area contributed by atoms with Crippen molar-refractivity contribution in [1.82, 2.24) is 14.7 Å². The second kappa shape index (κ2) is 47.4. The summed E-state index contributed by atoms with van der Waals surface area (Å²) in [6, 6.07) is 0. The van der Waals surface area contributed by atoms with Crippen LogP contribution in [0.2, 0.25) is 0 Å². The van der Waals surface area contributed by atoms with Crippen LogP contribution in [0, 0.1) is 17.8 Å². The molecular weight excluding hydrogens is 911 g/mol. The van der Waals surface area contributed by atoms with Crippen LogP contribution in [0.15, 0.2) is 0 Å². The number of hydrogen-bond donors (Lipinski definition) is 0. The average molecular weight is 1010 g/mol. The number of ether oxygens (including phenoxy) is 6. The molecule has 71 heavy (non-hydrogen) atoms. The Kier molecular flexibility index (Phi) is 45.0. The summed E-state index contributed by atoms with van der Waals surface area (Å²) in [7, 11) is 2.05. The van der Waals surface area contributed by atoms with Gasteiger partial charge in [0.15, 0.2) is 0 Å². The lowest BCUT2D eigenvalue weighted by molar-refractivity contribution is -0.150. The molecule has 3 unspecified atom stereocenters. The van der Waals surface area contributed by atoms with Crippen LogP contribution < -0.4 is 0 Å². The summed E-state index contributed by atoms with van der Waals surface area (Å²) < 4.78 is 32.8. The average Bonchev–Trinajstić information content (AvgIpc) is 3.36. The molecule has 16 heteroatoms. The van der Waals surface area contributed by atoms with Gasteiger partial charge in [0.25, 0.3) is 0 Å². The SMILES string of the molecule is CCCCC(CC)C(=O)OCCCCOC(=O)CCN(CCC=O)CCCN(C)CCCN(CCC(=O)OCCCCOC(=O)C(CC)CCCC)CCC(=O)OCCCCOC(=O)C(CC)CCCC. The fourth-order valence-electron chi connectivity index (χ4n) is 7.97. The van der Waals surface area contributed by atoms with Crippen molar-refractivity contribution < 1.29 is 62.0 Å². The van der Waals surface area contributed by atoms with Gasteiger partial charge in [0.05, 0.1) is 76.7 Å². The zero-order chi connectivity index (χ0) is 52.7. The Hall–Kier alpha value is -3.63. The molecule has 0 amide bonds. The van der Waals surface area contributed by atoms with Gasteiger partial charge in [-0.25, -0.2) is 0 Å². The van der Waals surface area contributed by atoms with Crippen LogP contribution in [-0.4, -0.2) is 156 Å². The molecule has 0 saturated carbocycles. The normalized spacial score (nSPS) is 12.6. The van der Waals surface area contributed by atoms with Crippen LogP contribution in [0.4, 0.5) is 0 Å². The first kappa shape index (κ1) is 67.4. The molecule has 0 heterocycles. The van der Waals surface area contributed by atoms with Gasteiger partial charge in [0, 0.05) is 32.6 Å². The molecule has 0 saturated heterocycles. The minimum Gasteiger partial charge on any atom is -0.466 e. The zero-order valence-corrected chi connectivity index (χ0v) is 45.8. The number of hydrogen-bond acceptors (Lipinski definition) is 16. The van der Waals surface area contributed by atoms with E-state index in [-0.39, 0.29) is 92.7 Å². The third kappa shape index (κ3) is 38.6. The molecular formula is C55H101N3O13. The van der Waals surface area contributed by atoms with Gasteiger partial charge in [-0.3, -0.25) is 28.8 Å². The minimum absolute atomic E-state index is 0.0515. The molecule has 0 aromatic heterocycles. The standard InChI is InChI=1S/C55H101N3O13/c1-8-14-26-47(11-4)53(63)69-44-20-17-41-66-50(60)29-37-57(36-25-40-59)34-23-32-56(7)33-24-35-58(38-30-51(61)67-42-18-21-45-70-54(64)48(12-5)27-15-9-2)39-31-52(62)68-43-19-22-46-71-55(65)49(13-6)28-16-10-3/h40,47-49H,8-39,41-46H2,1-7H3. The predicted molar refractivity (Wildman–Crippen MR) is 278 cm³/mol. The first-order valence-corrected chi connectivity index (χ1v) is 27.9. The molecule has 0 rings (SSSR count). The fourth-order valence-corrected chi connectivity index (χ4v) is 7.97. The molecule has 0 aliphatic carbocycles. The Balaban J connectivity index is 4.91. The summed E-state index contributed by atoms with van der Waals surface area (Å²) in [5.74, 6) is -1.55. The molecule has 0 radical (unpaired) electrons. The van der Waals surface area contributed by atoms with Crippen LogP contribution in [0.25, 0.3) is 0 Å². The van der Waals surface area contributed by atoms with E-state index in [0.717, 1.165) is 116 Å². The van der Waals surface area contributed by atoms with Crippen molar-refractivity contribution in [2.24, 2.45) is 17.8 Å². The number of aldehydes is 1. The Morgan fingerprint density at radius 3 is 0.958 bits per heavy atom. The van der Waals surface area contributed by atoms with Crippen molar-refractivity contribution in [2.45, 2.75) is 196 Å². The van der Waals surface area contributed by atoms with Crippen LogP contribution in [0.1, 0.15) is 196 Å². The lowest BCUT2D eigenvalue weighted by atomic mass is 10.00. The second-order valence-corrected chi connectivity index (χ2v) is 18.9. The lowest BCUT2D eigenvalue weighted by Gasteiger charge is -2.25. The smallest absolute Gasteiger partial charge is 0.308 e. The molecule has 414 valence electrons.